The number of hydrogen-bond acceptors (Lipinski definition) is 6. The summed E-state index contributed by atoms with van der Waals surface area (Å²) in [7, 11) is 1.78. The molecule has 0 bridgehead atoms. The largest absolute Gasteiger partial charge is 0.325 e. The number of fused-ring (bicyclic) bond motifs is 1. The number of amides is 3. The van der Waals surface area contributed by atoms with Crippen molar-refractivity contribution in [3.05, 3.63) is 58.5 Å². The van der Waals surface area contributed by atoms with E-state index in [-0.39, 0.29) is 11.3 Å². The van der Waals surface area contributed by atoms with Gasteiger partial charge in [-0.1, -0.05) is 58.9 Å². The normalized spacial score (nSPS) is 11.2. The Morgan fingerprint density at radius 3 is 2.23 bits per heavy atom. The monoisotopic (exact) mass is 549 g/mol. The van der Waals surface area contributed by atoms with Gasteiger partial charge in [-0.25, -0.2) is 4.79 Å². The molecule has 0 atom stereocenters. The van der Waals surface area contributed by atoms with Crippen LogP contribution in [-0.4, -0.2) is 48.8 Å². The number of nitrogens with one attached hydrogen (secondary N) is 3. The molecule has 0 aliphatic rings. The molecule has 3 N–H and O–H groups in total. The van der Waals surface area contributed by atoms with E-state index in [2.05, 4.69) is 22.0 Å². The fourth-order valence-corrected chi connectivity index (χ4v) is 4.96. The molecule has 1 heterocycles. The molecule has 3 aromatic rings. The Labute approximate surface area is 235 Å². The van der Waals surface area contributed by atoms with Gasteiger partial charge in [-0.2, -0.15) is 5.26 Å². The summed E-state index contributed by atoms with van der Waals surface area (Å²) in [5.41, 5.74) is 0.113. The van der Waals surface area contributed by atoms with Crippen LogP contribution >= 0.6 is 11.3 Å². The molecule has 0 radical (unpaired) electrons. The van der Waals surface area contributed by atoms with Gasteiger partial charge in [0.05, 0.1) is 28.4 Å². The second kappa shape index (κ2) is 13.4. The van der Waals surface area contributed by atoms with Crippen molar-refractivity contribution in [1.29, 1.82) is 5.26 Å². The Balaban J connectivity index is 0.00000260. The van der Waals surface area contributed by atoms with Crippen LogP contribution < -0.4 is 16.0 Å². The van der Waals surface area contributed by atoms with Crippen LogP contribution in [0, 0.1) is 11.3 Å². The number of likely N-dealkylation sites (N-methyl/N-ethyl adjacent to an activating group) is 1. The molecule has 39 heavy (non-hydrogen) atoms. The first kappa shape index (κ1) is 31.5. The Kier molecular flexibility index (Phi) is 10.8. The van der Waals surface area contributed by atoms with Gasteiger partial charge >= 0.3 is 6.03 Å². The molecule has 1 aromatic heterocycles. The first-order valence-electron chi connectivity index (χ1n) is 13.0. The number of urea groups is 1. The molecule has 0 aliphatic carbocycles. The topological polar surface area (TPSA) is 114 Å². The van der Waals surface area contributed by atoms with Crippen LogP contribution in [-0.2, 0) is 10.2 Å². The molecule has 0 saturated heterocycles. The van der Waals surface area contributed by atoms with Crippen LogP contribution in [0.1, 0.15) is 69.3 Å². The van der Waals surface area contributed by atoms with Gasteiger partial charge in [0.1, 0.15) is 11.3 Å². The van der Waals surface area contributed by atoms with E-state index in [1.807, 2.05) is 58.9 Å². The second-order valence-corrected chi connectivity index (χ2v) is 11.4. The van der Waals surface area contributed by atoms with Gasteiger partial charge in [0.25, 0.3) is 5.91 Å². The highest BCUT2D eigenvalue weighted by Gasteiger charge is 2.34. The number of rotatable bonds is 8. The maximum Gasteiger partial charge on any atom is 0.324 e. The van der Waals surface area contributed by atoms with Crippen molar-refractivity contribution in [2.45, 2.75) is 59.4 Å². The Morgan fingerprint density at radius 1 is 1.03 bits per heavy atom. The summed E-state index contributed by atoms with van der Waals surface area (Å²) >= 11 is 1.34. The summed E-state index contributed by atoms with van der Waals surface area (Å²) in [5, 5.41) is 20.0. The van der Waals surface area contributed by atoms with Crippen molar-refractivity contribution in [1.82, 2.24) is 10.2 Å². The zero-order valence-corrected chi connectivity index (χ0v) is 24.9. The van der Waals surface area contributed by atoms with Gasteiger partial charge < -0.3 is 20.3 Å². The minimum Gasteiger partial charge on any atom is -0.325 e. The lowest BCUT2D eigenvalue weighted by Gasteiger charge is -2.34. The van der Waals surface area contributed by atoms with Gasteiger partial charge in [-0.05, 0) is 44.5 Å². The summed E-state index contributed by atoms with van der Waals surface area (Å²) < 4.78 is 0. The van der Waals surface area contributed by atoms with Crippen LogP contribution in [0.2, 0.25) is 0 Å². The van der Waals surface area contributed by atoms with Gasteiger partial charge in [0.2, 0.25) is 0 Å². The first-order chi connectivity index (χ1) is 18.4. The zero-order valence-electron chi connectivity index (χ0n) is 24.1. The van der Waals surface area contributed by atoms with E-state index in [0.717, 1.165) is 21.9 Å². The molecule has 2 aromatic carbocycles. The summed E-state index contributed by atoms with van der Waals surface area (Å²) in [5.74, 6) is -0.335. The number of carbonyl (C=O) groups is 3. The molecule has 0 saturated carbocycles. The lowest BCUT2D eigenvalue weighted by atomic mass is 9.94. The standard InChI is InChI=1S/C28H33N5O3S.C2H6/c1-27(2,3)23-15-21(25(35)33(14-13-30-6)28(4,5)17-34)24(37-23)32-26(36)31-22-12-11-18(16-29)19-9-7-8-10-20(19)22;1-2/h7-12,15,17,30H,13-14H2,1-6H3,(H2,31,32,36);1-2H3. The quantitative estimate of drug-likeness (QED) is 0.282. The molecule has 0 spiro atoms. The molecule has 9 heteroatoms. The summed E-state index contributed by atoms with van der Waals surface area (Å²) in [6, 6.07) is 14.2. The van der Waals surface area contributed by atoms with Gasteiger partial charge in [0, 0.05) is 28.7 Å². The van der Waals surface area contributed by atoms with E-state index in [1.165, 1.54) is 16.2 Å². The molecule has 0 unspecified atom stereocenters. The van der Waals surface area contributed by atoms with E-state index >= 15 is 0 Å². The third kappa shape index (κ3) is 7.43. The molecule has 3 rings (SSSR count). The summed E-state index contributed by atoms with van der Waals surface area (Å²) in [6.07, 6.45) is 0.757. The van der Waals surface area contributed by atoms with E-state index in [4.69, 9.17) is 0 Å². The Bertz CT molecular complexity index is 1370. The Hall–Kier alpha value is -3.74. The highest BCUT2D eigenvalue weighted by molar-refractivity contribution is 7.16. The number of thiophene rings is 1. The van der Waals surface area contributed by atoms with Crippen molar-refractivity contribution in [3.8, 4) is 6.07 Å². The fraction of sp³-hybridized carbons (Fsp3) is 0.400. The number of nitriles is 1. The minimum absolute atomic E-state index is 0.255. The number of aldehydes is 1. The second-order valence-electron chi connectivity index (χ2n) is 10.3. The SMILES string of the molecule is CC.CNCCN(C(=O)c1cc(C(C)(C)C)sc1NC(=O)Nc1ccc(C#N)c2ccccc12)C(C)(C)C=O. The predicted octanol–water partition coefficient (Wildman–Crippen LogP) is 6.38. The number of carbonyl (C=O) groups excluding carboxylic acids is 3. The number of benzene rings is 2. The fourth-order valence-electron chi connectivity index (χ4n) is 3.86. The molecule has 0 fully saturated rings. The average molecular weight is 550 g/mol. The zero-order chi connectivity index (χ0) is 29.4. The van der Waals surface area contributed by atoms with Crippen LogP contribution in [0.3, 0.4) is 0 Å². The third-order valence-electron chi connectivity index (χ3n) is 6.04. The van der Waals surface area contributed by atoms with Crippen molar-refractivity contribution in [3.63, 3.8) is 0 Å². The van der Waals surface area contributed by atoms with Crippen LogP contribution in [0.25, 0.3) is 10.8 Å². The van der Waals surface area contributed by atoms with Crippen LogP contribution in [0.15, 0.2) is 42.5 Å². The number of hydrogen-bond donors (Lipinski definition) is 3. The molecule has 8 nitrogen and oxygen atoms in total. The number of anilines is 2. The summed E-state index contributed by atoms with van der Waals surface area (Å²) in [6.45, 7) is 14.3. The van der Waals surface area contributed by atoms with Crippen molar-refractivity contribution >= 4 is 51.0 Å². The van der Waals surface area contributed by atoms with Crippen molar-refractivity contribution < 1.29 is 14.4 Å². The third-order valence-corrected chi connectivity index (χ3v) is 7.51. The maximum atomic E-state index is 13.7. The van der Waals surface area contributed by atoms with Gasteiger partial charge in [-0.3, -0.25) is 10.1 Å². The van der Waals surface area contributed by atoms with E-state index in [1.54, 1.807) is 39.1 Å². The first-order valence-corrected chi connectivity index (χ1v) is 13.8. The van der Waals surface area contributed by atoms with Crippen molar-refractivity contribution in [2.75, 3.05) is 30.8 Å². The van der Waals surface area contributed by atoms with Gasteiger partial charge in [0.15, 0.2) is 0 Å². The summed E-state index contributed by atoms with van der Waals surface area (Å²) in [4.78, 5) is 41.2. The Morgan fingerprint density at radius 2 is 1.67 bits per heavy atom. The maximum absolute atomic E-state index is 13.7. The molecular formula is C30H39N5O3S. The van der Waals surface area contributed by atoms with E-state index < -0.39 is 11.6 Å². The molecule has 208 valence electrons. The lowest BCUT2D eigenvalue weighted by Crippen LogP contribution is -2.51. The highest BCUT2D eigenvalue weighted by Crippen LogP contribution is 2.37. The van der Waals surface area contributed by atoms with E-state index in [9.17, 15) is 19.6 Å². The minimum atomic E-state index is -1.03. The molecule has 3 amide bonds. The van der Waals surface area contributed by atoms with E-state index in [0.29, 0.717) is 34.9 Å². The van der Waals surface area contributed by atoms with Gasteiger partial charge in [-0.15, -0.1) is 11.3 Å². The highest BCUT2D eigenvalue weighted by atomic mass is 32.1. The molecular weight excluding hydrogens is 510 g/mol. The van der Waals surface area contributed by atoms with Crippen LogP contribution in [0.4, 0.5) is 15.5 Å². The molecule has 0 aliphatic heterocycles. The predicted molar refractivity (Wildman–Crippen MR) is 161 cm³/mol. The lowest BCUT2D eigenvalue weighted by molar-refractivity contribution is -0.115. The smallest absolute Gasteiger partial charge is 0.324 e. The van der Waals surface area contributed by atoms with Crippen LogP contribution in [0.5, 0.6) is 0 Å². The number of nitrogens with zero attached hydrogens (tertiary/aromatic N) is 2. The van der Waals surface area contributed by atoms with Crippen molar-refractivity contribution in [2.24, 2.45) is 0 Å². The average Bonchev–Trinajstić information content (AvgIpc) is 3.34.